The third-order valence-electron chi connectivity index (χ3n) is 2.05. The molecule has 0 aromatic carbocycles. The lowest BCUT2D eigenvalue weighted by Gasteiger charge is -2.35. The molecule has 1 unspecified atom stereocenters. The quantitative estimate of drug-likeness (QED) is 0.417. The largest absolute Gasteiger partial charge is 0.392 e. The van der Waals surface area contributed by atoms with Crippen molar-refractivity contribution in [3.05, 3.63) is 0 Å². The van der Waals surface area contributed by atoms with Gasteiger partial charge < -0.3 is 20.3 Å². The van der Waals surface area contributed by atoms with E-state index in [9.17, 15) is 0 Å². The molecule has 0 aromatic heterocycles. The van der Waals surface area contributed by atoms with E-state index < -0.39 is 14.3 Å². The van der Waals surface area contributed by atoms with Gasteiger partial charge in [-0.05, 0) is 40.3 Å². The van der Waals surface area contributed by atoms with Crippen LogP contribution in [-0.4, -0.2) is 26.3 Å². The van der Waals surface area contributed by atoms with E-state index in [2.05, 4.69) is 18.5 Å². The van der Waals surface area contributed by atoms with E-state index in [0.29, 0.717) is 0 Å². The van der Waals surface area contributed by atoms with E-state index in [0.717, 1.165) is 12.5 Å². The van der Waals surface area contributed by atoms with Crippen LogP contribution in [0.2, 0.25) is 12.6 Å². The molecule has 0 radical (unpaired) electrons. The van der Waals surface area contributed by atoms with Gasteiger partial charge in [0.15, 0.2) is 5.96 Å². The molecule has 0 aliphatic rings. The molecule has 0 bridgehead atoms. The van der Waals surface area contributed by atoms with Crippen LogP contribution in [0.25, 0.3) is 0 Å². The summed E-state index contributed by atoms with van der Waals surface area (Å²) in [4.78, 5) is 4.09. The number of hydrogen-bond donors (Lipinski definition) is 2. The molecule has 0 rings (SSSR count). The maximum atomic E-state index is 6.06. The lowest BCUT2D eigenvalue weighted by molar-refractivity contribution is 0.0449. The Kier molecular flexibility index (Phi) is 6.15. The molecular formula is C11H27N3O2Si. The topological polar surface area (TPSA) is 82.9 Å². The summed E-state index contributed by atoms with van der Waals surface area (Å²) in [5.41, 5.74) is 10.1. The highest BCUT2D eigenvalue weighted by atomic mass is 28.4. The molecule has 102 valence electrons. The van der Waals surface area contributed by atoms with Gasteiger partial charge in [0.25, 0.3) is 0 Å². The Morgan fingerprint density at radius 1 is 1.35 bits per heavy atom. The third kappa shape index (κ3) is 7.35. The van der Waals surface area contributed by atoms with Gasteiger partial charge in [0.1, 0.15) is 5.72 Å². The fourth-order valence-electron chi connectivity index (χ4n) is 1.95. The van der Waals surface area contributed by atoms with Gasteiger partial charge in [-0.2, -0.15) is 0 Å². The summed E-state index contributed by atoms with van der Waals surface area (Å²) in [5, 5.41) is 0. The first-order valence-corrected chi connectivity index (χ1v) is 8.61. The second-order valence-corrected chi connectivity index (χ2v) is 8.34. The van der Waals surface area contributed by atoms with E-state index in [-0.39, 0.29) is 12.1 Å². The number of rotatable bonds is 7. The molecule has 6 heteroatoms. The Labute approximate surface area is 106 Å². The van der Waals surface area contributed by atoms with Gasteiger partial charge in [0, 0.05) is 6.10 Å². The Balaban J connectivity index is 4.79. The highest BCUT2D eigenvalue weighted by Crippen LogP contribution is 2.25. The summed E-state index contributed by atoms with van der Waals surface area (Å²) in [6.07, 6.45) is 1.17. The Morgan fingerprint density at radius 2 is 1.88 bits per heavy atom. The summed E-state index contributed by atoms with van der Waals surface area (Å²) in [6, 6.07) is 0.925. The summed E-state index contributed by atoms with van der Waals surface area (Å²) >= 11 is 0. The van der Waals surface area contributed by atoms with E-state index in [1.807, 2.05) is 27.7 Å². The lowest BCUT2D eigenvalue weighted by Crippen LogP contribution is -2.47. The highest BCUT2D eigenvalue weighted by Gasteiger charge is 2.37. The first kappa shape index (κ1) is 16.4. The molecule has 1 atom stereocenters. The van der Waals surface area contributed by atoms with Gasteiger partial charge in [-0.25, -0.2) is 4.99 Å². The molecule has 0 aromatic rings. The zero-order chi connectivity index (χ0) is 13.7. The van der Waals surface area contributed by atoms with Gasteiger partial charge in [0.05, 0.1) is 0 Å². The average Bonchev–Trinajstić information content (AvgIpc) is 1.95. The average molecular weight is 261 g/mol. The molecule has 0 aliphatic carbocycles. The molecular weight excluding hydrogens is 234 g/mol. The molecule has 0 heterocycles. The maximum absolute atomic E-state index is 6.06. The lowest BCUT2D eigenvalue weighted by atomic mass is 10.3. The van der Waals surface area contributed by atoms with Crippen LogP contribution in [0.1, 0.15) is 41.0 Å². The molecule has 0 spiro atoms. The number of hydrogen-bond acceptors (Lipinski definition) is 3. The zero-order valence-corrected chi connectivity index (χ0v) is 12.9. The van der Waals surface area contributed by atoms with Crippen molar-refractivity contribution in [1.82, 2.24) is 0 Å². The van der Waals surface area contributed by atoms with Gasteiger partial charge in [0.2, 0.25) is 0 Å². The summed E-state index contributed by atoms with van der Waals surface area (Å²) in [5.74, 6) is 0.0346. The van der Waals surface area contributed by atoms with Crippen molar-refractivity contribution in [1.29, 1.82) is 0 Å². The highest BCUT2D eigenvalue weighted by molar-refractivity contribution is 6.66. The minimum atomic E-state index is -2.23. The van der Waals surface area contributed by atoms with Gasteiger partial charge in [-0.3, -0.25) is 0 Å². The zero-order valence-electron chi connectivity index (χ0n) is 11.9. The smallest absolute Gasteiger partial charge is 0.336 e. The minimum Gasteiger partial charge on any atom is -0.392 e. The number of guanidine groups is 1. The second-order valence-electron chi connectivity index (χ2n) is 5.14. The molecule has 0 amide bonds. The van der Waals surface area contributed by atoms with Crippen LogP contribution < -0.4 is 11.5 Å². The van der Waals surface area contributed by atoms with Crippen LogP contribution in [-0.2, 0) is 8.85 Å². The van der Waals surface area contributed by atoms with Crippen molar-refractivity contribution < 1.29 is 8.85 Å². The fourth-order valence-corrected chi connectivity index (χ4v) is 5.22. The summed E-state index contributed by atoms with van der Waals surface area (Å²) in [6.45, 7) is 11.9. The normalized spacial score (nSPS) is 15.7. The minimum absolute atomic E-state index is 0.0346. The van der Waals surface area contributed by atoms with Crippen molar-refractivity contribution in [2.75, 3.05) is 0 Å². The van der Waals surface area contributed by atoms with Gasteiger partial charge >= 0.3 is 8.56 Å². The third-order valence-corrected chi connectivity index (χ3v) is 5.36. The van der Waals surface area contributed by atoms with Crippen molar-refractivity contribution in [3.8, 4) is 0 Å². The monoisotopic (exact) mass is 261 g/mol. The van der Waals surface area contributed by atoms with E-state index >= 15 is 0 Å². The molecule has 0 fully saturated rings. The first-order chi connectivity index (χ1) is 7.60. The summed E-state index contributed by atoms with van der Waals surface area (Å²) in [7, 11) is -2.23. The van der Waals surface area contributed by atoms with Crippen molar-refractivity contribution in [2.45, 2.75) is 65.5 Å². The predicted octanol–water partition coefficient (Wildman–Crippen LogP) is 1.92. The first-order valence-electron chi connectivity index (χ1n) is 6.09. The molecule has 5 nitrogen and oxygen atoms in total. The van der Waals surface area contributed by atoms with E-state index in [1.165, 1.54) is 0 Å². The molecule has 0 saturated carbocycles. The van der Waals surface area contributed by atoms with Crippen LogP contribution in [0.5, 0.6) is 0 Å². The Bertz CT molecular complexity index is 265. The van der Waals surface area contributed by atoms with Crippen LogP contribution in [0.15, 0.2) is 4.99 Å². The van der Waals surface area contributed by atoms with Crippen molar-refractivity contribution in [2.24, 2.45) is 16.5 Å². The van der Waals surface area contributed by atoms with Crippen molar-refractivity contribution in [3.63, 3.8) is 0 Å². The Morgan fingerprint density at radius 3 is 2.24 bits per heavy atom. The van der Waals surface area contributed by atoms with Crippen LogP contribution in [0, 0.1) is 0 Å². The molecule has 4 N–H and O–H groups in total. The number of nitrogens with zero attached hydrogens (tertiary/aromatic N) is 1. The maximum Gasteiger partial charge on any atom is 0.336 e. The molecule has 17 heavy (non-hydrogen) atoms. The van der Waals surface area contributed by atoms with Crippen LogP contribution in [0.4, 0.5) is 0 Å². The SMILES string of the molecule is CCC[Si](C)(OC(C)C)OC(C)(C)N=C(N)N. The van der Waals surface area contributed by atoms with Crippen LogP contribution in [0.3, 0.4) is 0 Å². The number of nitrogens with two attached hydrogens (primary N) is 2. The van der Waals surface area contributed by atoms with Crippen LogP contribution >= 0.6 is 0 Å². The number of aliphatic imine (C=N–C) groups is 1. The predicted molar refractivity (Wildman–Crippen MR) is 73.9 cm³/mol. The van der Waals surface area contributed by atoms with Gasteiger partial charge in [-0.15, -0.1) is 0 Å². The molecule has 0 saturated heterocycles. The molecule has 0 aliphatic heterocycles. The summed E-state index contributed by atoms with van der Waals surface area (Å²) < 4.78 is 12.0. The standard InChI is InChI=1S/C11H27N3O2Si/c1-7-8-17(6,15-9(2)3)16-11(4,5)14-10(12)13/h9H,7-8H2,1-6H3,(H4,12,13,14). The van der Waals surface area contributed by atoms with E-state index in [4.69, 9.17) is 20.3 Å². The van der Waals surface area contributed by atoms with E-state index in [1.54, 1.807) is 0 Å². The fraction of sp³-hybridized carbons (Fsp3) is 0.909. The Hall–Kier alpha value is -0.593. The van der Waals surface area contributed by atoms with Gasteiger partial charge in [-0.1, -0.05) is 13.3 Å². The van der Waals surface area contributed by atoms with Crippen molar-refractivity contribution >= 4 is 14.5 Å². The second kappa shape index (κ2) is 6.37.